The smallest absolute Gasteiger partial charge is 0.107 e. The van der Waals surface area contributed by atoms with E-state index in [9.17, 15) is 5.11 Å². The molecule has 0 bridgehead atoms. The third kappa shape index (κ3) is 3.24. The van der Waals surface area contributed by atoms with Crippen molar-refractivity contribution in [2.24, 2.45) is 5.92 Å². The molecule has 0 radical (unpaired) electrons. The summed E-state index contributed by atoms with van der Waals surface area (Å²) in [6, 6.07) is 6.14. The highest BCUT2D eigenvalue weighted by Crippen LogP contribution is 2.17. The number of aromatic nitrogens is 2. The number of nitrogens with one attached hydrogen (secondary N) is 2. The highest BCUT2D eigenvalue weighted by Gasteiger charge is 2.32. The molecule has 1 aliphatic rings. The van der Waals surface area contributed by atoms with Crippen LogP contribution in [0.3, 0.4) is 0 Å². The second-order valence-electron chi connectivity index (χ2n) is 5.45. The van der Waals surface area contributed by atoms with Gasteiger partial charge in [-0.25, -0.2) is 4.98 Å². The zero-order chi connectivity index (χ0) is 14.7. The zero-order valence-corrected chi connectivity index (χ0v) is 12.1. The van der Waals surface area contributed by atoms with Crippen molar-refractivity contribution in [3.05, 3.63) is 30.1 Å². The summed E-state index contributed by atoms with van der Waals surface area (Å²) in [4.78, 5) is 7.31. The zero-order valence-electron chi connectivity index (χ0n) is 12.1. The molecule has 2 heterocycles. The van der Waals surface area contributed by atoms with Crippen LogP contribution < -0.4 is 5.32 Å². The largest absolute Gasteiger partial charge is 0.390 e. The van der Waals surface area contributed by atoms with Crippen LogP contribution in [0.4, 0.5) is 0 Å². The van der Waals surface area contributed by atoms with Crippen LogP contribution in [0.1, 0.15) is 5.56 Å². The Bertz CT molecular complexity index is 586. The number of rotatable bonds is 5. The first-order valence-corrected chi connectivity index (χ1v) is 7.19. The molecule has 21 heavy (non-hydrogen) atoms. The quantitative estimate of drug-likeness (QED) is 0.755. The van der Waals surface area contributed by atoms with Gasteiger partial charge >= 0.3 is 0 Å². The summed E-state index contributed by atoms with van der Waals surface area (Å²) in [5.41, 5.74) is 3.19. The van der Waals surface area contributed by atoms with E-state index in [-0.39, 0.29) is 12.0 Å². The van der Waals surface area contributed by atoms with Crippen LogP contribution >= 0.6 is 0 Å². The van der Waals surface area contributed by atoms with Crippen molar-refractivity contribution < 1.29 is 14.6 Å². The number of methoxy groups -OCH3 is 1. The third-order valence-corrected chi connectivity index (χ3v) is 4.00. The molecule has 0 amide bonds. The van der Waals surface area contributed by atoms with Crippen LogP contribution in [-0.2, 0) is 16.0 Å². The first kappa shape index (κ1) is 14.5. The molecule has 0 aliphatic carbocycles. The highest BCUT2D eigenvalue weighted by molar-refractivity contribution is 5.74. The molecule has 0 saturated carbocycles. The molecule has 1 saturated heterocycles. The molecule has 1 aromatic carbocycles. The number of aliphatic hydroxyl groups excluding tert-OH is 1. The molecule has 1 aromatic heterocycles. The van der Waals surface area contributed by atoms with E-state index in [0.717, 1.165) is 17.6 Å². The molecule has 3 rings (SSSR count). The maximum Gasteiger partial charge on any atom is 0.107 e. The van der Waals surface area contributed by atoms with E-state index < -0.39 is 6.10 Å². The van der Waals surface area contributed by atoms with Crippen LogP contribution in [0.15, 0.2) is 24.5 Å². The van der Waals surface area contributed by atoms with Gasteiger partial charge in [-0.2, -0.15) is 0 Å². The van der Waals surface area contributed by atoms with Crippen LogP contribution in [0.5, 0.6) is 0 Å². The number of hydrogen-bond acceptors (Lipinski definition) is 5. The maximum absolute atomic E-state index is 10.2. The normalized spacial score (nSPS) is 26.3. The van der Waals surface area contributed by atoms with Gasteiger partial charge in [-0.3, -0.25) is 0 Å². The number of nitrogens with zero attached hydrogens (tertiary/aromatic N) is 1. The van der Waals surface area contributed by atoms with E-state index >= 15 is 0 Å². The Hall–Kier alpha value is -1.47. The van der Waals surface area contributed by atoms with Gasteiger partial charge in [-0.05, 0) is 17.7 Å². The number of aromatic amines is 1. The second kappa shape index (κ2) is 6.53. The maximum atomic E-state index is 10.2. The second-order valence-corrected chi connectivity index (χ2v) is 5.45. The first-order valence-electron chi connectivity index (χ1n) is 7.19. The summed E-state index contributed by atoms with van der Waals surface area (Å²) in [5.74, 6) is 0.0552. The lowest BCUT2D eigenvalue weighted by Crippen LogP contribution is -2.48. The molecular formula is C15H21N3O3. The molecule has 3 atom stereocenters. The topological polar surface area (TPSA) is 79.4 Å². The average molecular weight is 291 g/mol. The highest BCUT2D eigenvalue weighted by atomic mass is 16.5. The molecule has 1 fully saturated rings. The lowest BCUT2D eigenvalue weighted by molar-refractivity contribution is -0.133. The van der Waals surface area contributed by atoms with Crippen LogP contribution in [0.2, 0.25) is 0 Å². The number of imidazole rings is 1. The van der Waals surface area contributed by atoms with Gasteiger partial charge in [0.2, 0.25) is 0 Å². The molecule has 2 aromatic rings. The molecule has 1 aliphatic heterocycles. The van der Waals surface area contributed by atoms with Crippen molar-refractivity contribution in [3.63, 3.8) is 0 Å². The molecule has 6 heteroatoms. The van der Waals surface area contributed by atoms with Gasteiger partial charge in [0.1, 0.15) is 6.10 Å². The molecule has 0 unspecified atom stereocenters. The SMILES string of the molecule is CO[C@@H]1COC[C@@H](CNCc2ccc3nc[nH]c3c2)[C@@H]1O. The fourth-order valence-corrected chi connectivity index (χ4v) is 2.72. The molecular weight excluding hydrogens is 270 g/mol. The molecule has 114 valence electrons. The number of fused-ring (bicyclic) bond motifs is 1. The third-order valence-electron chi connectivity index (χ3n) is 4.00. The van der Waals surface area contributed by atoms with E-state index in [4.69, 9.17) is 9.47 Å². The molecule has 6 nitrogen and oxygen atoms in total. The number of H-pyrrole nitrogens is 1. The Morgan fingerprint density at radius 3 is 3.24 bits per heavy atom. The first-order chi connectivity index (χ1) is 10.3. The van der Waals surface area contributed by atoms with E-state index in [1.165, 1.54) is 5.56 Å². The van der Waals surface area contributed by atoms with Crippen LogP contribution in [-0.4, -0.2) is 54.2 Å². The van der Waals surface area contributed by atoms with Gasteiger partial charge in [-0.1, -0.05) is 6.07 Å². The standard InChI is InChI=1S/C15H21N3O3/c1-20-14-8-21-7-11(15(14)19)6-16-5-10-2-3-12-13(4-10)18-9-17-12/h2-4,9,11,14-16,19H,5-8H2,1H3,(H,17,18)/t11-,14-,15+/m1/s1. The van der Waals surface area contributed by atoms with Crippen molar-refractivity contribution in [2.45, 2.75) is 18.8 Å². The summed E-state index contributed by atoms with van der Waals surface area (Å²) in [7, 11) is 1.60. The van der Waals surface area contributed by atoms with E-state index in [1.807, 2.05) is 6.07 Å². The average Bonchev–Trinajstić information content (AvgIpc) is 2.96. The van der Waals surface area contributed by atoms with E-state index in [0.29, 0.717) is 19.8 Å². The monoisotopic (exact) mass is 291 g/mol. The van der Waals surface area contributed by atoms with Crippen molar-refractivity contribution in [1.82, 2.24) is 15.3 Å². The van der Waals surface area contributed by atoms with Crippen molar-refractivity contribution >= 4 is 11.0 Å². The fraction of sp³-hybridized carbons (Fsp3) is 0.533. The Labute approximate surface area is 123 Å². The Kier molecular flexibility index (Phi) is 4.50. The summed E-state index contributed by atoms with van der Waals surface area (Å²) < 4.78 is 10.7. The lowest BCUT2D eigenvalue weighted by atomic mass is 9.96. The molecule has 3 N–H and O–H groups in total. The van der Waals surface area contributed by atoms with Crippen molar-refractivity contribution in [1.29, 1.82) is 0 Å². The van der Waals surface area contributed by atoms with Gasteiger partial charge in [0, 0.05) is 26.1 Å². The van der Waals surface area contributed by atoms with Gasteiger partial charge in [0.25, 0.3) is 0 Å². The van der Waals surface area contributed by atoms with Gasteiger partial charge in [0.15, 0.2) is 0 Å². The van der Waals surface area contributed by atoms with Crippen molar-refractivity contribution in [2.75, 3.05) is 26.9 Å². The number of aliphatic hydroxyl groups is 1. The van der Waals surface area contributed by atoms with Gasteiger partial charge in [0.05, 0.1) is 36.7 Å². The summed E-state index contributed by atoms with van der Waals surface area (Å²) >= 11 is 0. The van der Waals surface area contributed by atoms with Gasteiger partial charge in [-0.15, -0.1) is 0 Å². The minimum absolute atomic E-state index is 0.0552. The lowest BCUT2D eigenvalue weighted by Gasteiger charge is -2.33. The predicted molar refractivity (Wildman–Crippen MR) is 78.9 cm³/mol. The number of benzene rings is 1. The summed E-state index contributed by atoms with van der Waals surface area (Å²) in [5, 5.41) is 13.6. The Balaban J connectivity index is 1.53. The minimum atomic E-state index is -0.480. The van der Waals surface area contributed by atoms with Crippen LogP contribution in [0.25, 0.3) is 11.0 Å². The Morgan fingerprint density at radius 2 is 2.38 bits per heavy atom. The number of hydrogen-bond donors (Lipinski definition) is 3. The number of ether oxygens (including phenoxy) is 2. The Morgan fingerprint density at radius 1 is 1.48 bits per heavy atom. The predicted octanol–water partition coefficient (Wildman–Crippen LogP) is 0.675. The summed E-state index contributed by atoms with van der Waals surface area (Å²) in [6.07, 6.45) is 0.987. The fourth-order valence-electron chi connectivity index (χ4n) is 2.72. The van der Waals surface area contributed by atoms with E-state index in [2.05, 4.69) is 27.4 Å². The van der Waals surface area contributed by atoms with Crippen molar-refractivity contribution in [3.8, 4) is 0 Å². The van der Waals surface area contributed by atoms with Gasteiger partial charge < -0.3 is 24.9 Å². The van der Waals surface area contributed by atoms with E-state index in [1.54, 1.807) is 13.4 Å². The van der Waals surface area contributed by atoms with Crippen LogP contribution in [0, 0.1) is 5.92 Å². The molecule has 0 spiro atoms. The summed E-state index contributed by atoms with van der Waals surface area (Å²) in [6.45, 7) is 2.47. The minimum Gasteiger partial charge on any atom is -0.390 e.